The molecule has 6 heteroatoms. The quantitative estimate of drug-likeness (QED) is 0.608. The molecule has 0 unspecified atom stereocenters. The Labute approximate surface area is 158 Å². The summed E-state index contributed by atoms with van der Waals surface area (Å²) in [6, 6.07) is 14.2. The molecule has 0 aliphatic carbocycles. The van der Waals surface area contributed by atoms with E-state index in [1.54, 1.807) is 0 Å². The lowest BCUT2D eigenvalue weighted by Crippen LogP contribution is -2.42. The molecule has 2 aromatic carbocycles. The summed E-state index contributed by atoms with van der Waals surface area (Å²) in [5, 5.41) is 22.4. The summed E-state index contributed by atoms with van der Waals surface area (Å²) in [6.45, 7) is 2.64. The van der Waals surface area contributed by atoms with Crippen LogP contribution in [-0.4, -0.2) is 24.6 Å². The number of benzene rings is 2. The highest BCUT2D eigenvalue weighted by atomic mass is 16.6. The highest BCUT2D eigenvalue weighted by molar-refractivity contribution is 5.79. The van der Waals surface area contributed by atoms with Gasteiger partial charge in [-0.25, -0.2) is 0 Å². The van der Waals surface area contributed by atoms with E-state index in [4.69, 9.17) is 4.74 Å². The van der Waals surface area contributed by atoms with Gasteiger partial charge in [-0.1, -0.05) is 30.3 Å². The number of methoxy groups -OCH3 is 1. The monoisotopic (exact) mass is 363 g/mol. The number of hydrogen-bond acceptors (Lipinski definition) is 5. The van der Waals surface area contributed by atoms with E-state index in [0.717, 1.165) is 36.2 Å². The van der Waals surface area contributed by atoms with Gasteiger partial charge < -0.3 is 9.64 Å². The Balaban J connectivity index is 2.02. The highest BCUT2D eigenvalue weighted by Gasteiger charge is 2.57. The van der Waals surface area contributed by atoms with Crippen LogP contribution in [0, 0.1) is 28.4 Å². The molecule has 138 valence electrons. The number of nitro groups is 1. The average molecular weight is 363 g/mol. The van der Waals surface area contributed by atoms with Gasteiger partial charge in [0.05, 0.1) is 29.7 Å². The minimum atomic E-state index is -0.962. The summed E-state index contributed by atoms with van der Waals surface area (Å²) in [4.78, 5) is 13.9. The topological polar surface area (TPSA) is 79.4 Å². The SMILES string of the molecule is COc1c(C)cc2c(c1[N+](=O)[O-])[C@](C#N)(Cc1ccccc1)[C@H]1CCCN21. The third-order valence-corrected chi connectivity index (χ3v) is 5.91. The van der Waals surface area contributed by atoms with Gasteiger partial charge in [-0.3, -0.25) is 10.1 Å². The zero-order valence-electron chi connectivity index (χ0n) is 15.4. The molecule has 2 aromatic rings. The van der Waals surface area contributed by atoms with Crippen molar-refractivity contribution in [3.05, 3.63) is 63.2 Å². The van der Waals surface area contributed by atoms with Crippen LogP contribution in [0.2, 0.25) is 0 Å². The molecule has 0 spiro atoms. The minimum Gasteiger partial charge on any atom is -0.490 e. The Kier molecular flexibility index (Phi) is 4.03. The molecule has 0 saturated carbocycles. The first-order valence-corrected chi connectivity index (χ1v) is 9.11. The zero-order valence-corrected chi connectivity index (χ0v) is 15.4. The first kappa shape index (κ1) is 17.3. The standard InChI is InChI=1S/C21H21N3O3/c1-14-11-16-18(19(24(25)26)20(14)27-2)21(13-22,17-9-6-10-23(16)17)12-15-7-4-3-5-8-15/h3-5,7-8,11,17H,6,9-10,12H2,1-2H3/t17-,21+/m1/s1. The first-order chi connectivity index (χ1) is 13.0. The Morgan fingerprint density at radius 2 is 2.15 bits per heavy atom. The molecule has 2 atom stereocenters. The van der Waals surface area contributed by atoms with Crippen molar-refractivity contribution in [1.82, 2.24) is 0 Å². The maximum Gasteiger partial charge on any atom is 0.318 e. The molecule has 2 heterocycles. The van der Waals surface area contributed by atoms with Crippen molar-refractivity contribution in [3.8, 4) is 11.8 Å². The van der Waals surface area contributed by atoms with E-state index < -0.39 is 5.41 Å². The smallest absolute Gasteiger partial charge is 0.318 e. The van der Waals surface area contributed by atoms with Crippen LogP contribution < -0.4 is 9.64 Å². The largest absolute Gasteiger partial charge is 0.490 e. The first-order valence-electron chi connectivity index (χ1n) is 9.11. The zero-order chi connectivity index (χ0) is 19.2. The van der Waals surface area contributed by atoms with Gasteiger partial charge in [-0.15, -0.1) is 0 Å². The maximum absolute atomic E-state index is 12.1. The number of fused-ring (bicyclic) bond motifs is 3. The Hall–Kier alpha value is -3.07. The van der Waals surface area contributed by atoms with Gasteiger partial charge in [-0.2, -0.15) is 5.26 Å². The molecular formula is C21H21N3O3. The third kappa shape index (κ3) is 2.38. The van der Waals surface area contributed by atoms with Crippen molar-refractivity contribution in [3.63, 3.8) is 0 Å². The van der Waals surface area contributed by atoms with Crippen LogP contribution in [0.4, 0.5) is 11.4 Å². The van der Waals surface area contributed by atoms with E-state index in [1.165, 1.54) is 7.11 Å². The molecule has 0 bridgehead atoms. The van der Waals surface area contributed by atoms with Crippen molar-refractivity contribution in [2.45, 2.75) is 37.6 Å². The van der Waals surface area contributed by atoms with Gasteiger partial charge in [0, 0.05) is 17.8 Å². The summed E-state index contributed by atoms with van der Waals surface area (Å²) in [5.74, 6) is 0.257. The summed E-state index contributed by atoms with van der Waals surface area (Å²) >= 11 is 0. The van der Waals surface area contributed by atoms with Gasteiger partial charge in [0.15, 0.2) is 5.75 Å². The molecule has 6 nitrogen and oxygen atoms in total. The molecule has 0 N–H and O–H groups in total. The van der Waals surface area contributed by atoms with Gasteiger partial charge in [0.2, 0.25) is 0 Å². The van der Waals surface area contributed by atoms with Crippen molar-refractivity contribution in [1.29, 1.82) is 5.26 Å². The number of anilines is 1. The van der Waals surface area contributed by atoms with Gasteiger partial charge in [0.1, 0.15) is 5.41 Å². The van der Waals surface area contributed by atoms with Gasteiger partial charge in [0.25, 0.3) is 0 Å². The number of nitrogens with zero attached hydrogens (tertiary/aromatic N) is 3. The number of hydrogen-bond donors (Lipinski definition) is 0. The fourth-order valence-corrected chi connectivity index (χ4v) is 4.89. The lowest BCUT2D eigenvalue weighted by atomic mass is 9.71. The molecule has 0 radical (unpaired) electrons. The van der Waals surface area contributed by atoms with Crippen molar-refractivity contribution in [2.24, 2.45) is 0 Å². The highest BCUT2D eigenvalue weighted by Crippen LogP contribution is 2.57. The van der Waals surface area contributed by atoms with E-state index in [-0.39, 0.29) is 22.4 Å². The van der Waals surface area contributed by atoms with Crippen LogP contribution in [0.15, 0.2) is 36.4 Å². The molecular weight excluding hydrogens is 342 g/mol. The van der Waals surface area contributed by atoms with E-state index in [2.05, 4.69) is 11.0 Å². The van der Waals surface area contributed by atoms with Crippen molar-refractivity contribution < 1.29 is 9.66 Å². The number of ether oxygens (including phenoxy) is 1. The second kappa shape index (κ2) is 6.27. The van der Waals surface area contributed by atoms with Crippen LogP contribution >= 0.6 is 0 Å². The van der Waals surface area contributed by atoms with Crippen LogP contribution in [0.1, 0.15) is 29.5 Å². The van der Waals surface area contributed by atoms with E-state index >= 15 is 0 Å². The molecule has 2 aliphatic heterocycles. The maximum atomic E-state index is 12.1. The molecule has 2 aliphatic rings. The van der Waals surface area contributed by atoms with Crippen LogP contribution in [0.5, 0.6) is 5.75 Å². The molecule has 1 fully saturated rings. The summed E-state index contributed by atoms with van der Waals surface area (Å²) in [5.41, 5.74) is 2.05. The third-order valence-electron chi connectivity index (χ3n) is 5.91. The number of aryl methyl sites for hydroxylation is 1. The predicted octanol–water partition coefficient (Wildman–Crippen LogP) is 3.90. The number of nitro benzene ring substituents is 1. The number of nitriles is 1. The van der Waals surface area contributed by atoms with Crippen LogP contribution in [0.3, 0.4) is 0 Å². The van der Waals surface area contributed by atoms with E-state index in [9.17, 15) is 15.4 Å². The average Bonchev–Trinajstić information content (AvgIpc) is 3.24. The lowest BCUT2D eigenvalue weighted by molar-refractivity contribution is -0.386. The van der Waals surface area contributed by atoms with Crippen LogP contribution in [0.25, 0.3) is 0 Å². The normalized spacial score (nSPS) is 22.9. The molecule has 27 heavy (non-hydrogen) atoms. The Bertz CT molecular complexity index is 951. The Morgan fingerprint density at radius 1 is 1.41 bits per heavy atom. The second-order valence-electron chi connectivity index (χ2n) is 7.32. The number of rotatable bonds is 4. The van der Waals surface area contributed by atoms with E-state index in [1.807, 2.05) is 43.3 Å². The molecule has 1 saturated heterocycles. The minimum absolute atomic E-state index is 0.0529. The summed E-state index contributed by atoms with van der Waals surface area (Å²) in [6.07, 6.45) is 2.29. The predicted molar refractivity (Wildman–Crippen MR) is 102 cm³/mol. The van der Waals surface area contributed by atoms with E-state index in [0.29, 0.717) is 12.0 Å². The molecule has 4 rings (SSSR count). The second-order valence-corrected chi connectivity index (χ2v) is 7.32. The van der Waals surface area contributed by atoms with Crippen molar-refractivity contribution >= 4 is 11.4 Å². The fraction of sp³-hybridized carbons (Fsp3) is 0.381. The molecule has 0 aromatic heterocycles. The van der Waals surface area contributed by atoms with Gasteiger partial charge in [-0.05, 0) is 37.8 Å². The Morgan fingerprint density at radius 3 is 2.78 bits per heavy atom. The fourth-order valence-electron chi connectivity index (χ4n) is 4.89. The summed E-state index contributed by atoms with van der Waals surface area (Å²) < 4.78 is 5.40. The molecule has 0 amide bonds. The van der Waals surface area contributed by atoms with Crippen molar-refractivity contribution in [2.75, 3.05) is 18.6 Å². The van der Waals surface area contributed by atoms with Crippen LogP contribution in [-0.2, 0) is 11.8 Å². The summed E-state index contributed by atoms with van der Waals surface area (Å²) in [7, 11) is 1.45. The lowest BCUT2D eigenvalue weighted by Gasteiger charge is -2.29. The van der Waals surface area contributed by atoms with Gasteiger partial charge >= 0.3 is 5.69 Å².